The Labute approximate surface area is 127 Å². The van der Waals surface area contributed by atoms with Crippen LogP contribution >= 0.6 is 0 Å². The molecule has 2 rings (SSSR count). The second-order valence-corrected chi connectivity index (χ2v) is 6.16. The van der Waals surface area contributed by atoms with Gasteiger partial charge in [0.2, 0.25) is 0 Å². The summed E-state index contributed by atoms with van der Waals surface area (Å²) in [7, 11) is 0. The van der Waals surface area contributed by atoms with Crippen LogP contribution in [0.1, 0.15) is 45.1 Å². The van der Waals surface area contributed by atoms with Gasteiger partial charge in [-0.1, -0.05) is 13.8 Å². The average molecular weight is 294 g/mol. The molecule has 0 amide bonds. The number of aliphatic hydroxyl groups excluding tert-OH is 1. The van der Waals surface area contributed by atoms with Crippen molar-refractivity contribution < 1.29 is 9.50 Å². The van der Waals surface area contributed by atoms with Gasteiger partial charge in [-0.05, 0) is 49.4 Å². The van der Waals surface area contributed by atoms with Crippen molar-refractivity contribution >= 4 is 5.69 Å². The highest BCUT2D eigenvalue weighted by Crippen LogP contribution is 2.32. The molecule has 0 heterocycles. The lowest BCUT2D eigenvalue weighted by molar-refractivity contribution is 0.283. The molecule has 1 fully saturated rings. The first kappa shape index (κ1) is 16.2. The standard InChI is InChI=1S/C17H27FN2O/c1-13(2)19-12-14-11-15(18)7-8-17(14)20(9-4-10-21)16-5-3-6-16/h7-8,11,13,16,19,21H,3-6,9-10,12H2,1-2H3. The van der Waals surface area contributed by atoms with Crippen molar-refractivity contribution in [1.29, 1.82) is 0 Å². The maximum Gasteiger partial charge on any atom is 0.123 e. The molecule has 0 aromatic heterocycles. The Kier molecular flexibility index (Phi) is 6.00. The van der Waals surface area contributed by atoms with Gasteiger partial charge in [0, 0.05) is 37.5 Å². The van der Waals surface area contributed by atoms with Gasteiger partial charge in [-0.15, -0.1) is 0 Å². The van der Waals surface area contributed by atoms with Crippen LogP contribution in [0.25, 0.3) is 0 Å². The highest BCUT2D eigenvalue weighted by atomic mass is 19.1. The zero-order chi connectivity index (χ0) is 15.2. The summed E-state index contributed by atoms with van der Waals surface area (Å²) >= 11 is 0. The molecule has 1 aromatic carbocycles. The van der Waals surface area contributed by atoms with Gasteiger partial charge in [0.1, 0.15) is 5.82 Å². The van der Waals surface area contributed by atoms with Gasteiger partial charge in [0.15, 0.2) is 0 Å². The number of aliphatic hydroxyl groups is 1. The van der Waals surface area contributed by atoms with Gasteiger partial charge >= 0.3 is 0 Å². The lowest BCUT2D eigenvalue weighted by atomic mass is 9.90. The largest absolute Gasteiger partial charge is 0.396 e. The van der Waals surface area contributed by atoms with Gasteiger partial charge in [0.25, 0.3) is 0 Å². The van der Waals surface area contributed by atoms with Crippen molar-refractivity contribution in [1.82, 2.24) is 5.32 Å². The van der Waals surface area contributed by atoms with Crippen molar-refractivity contribution in [3.8, 4) is 0 Å². The van der Waals surface area contributed by atoms with E-state index in [4.69, 9.17) is 5.11 Å². The molecular formula is C17H27FN2O. The van der Waals surface area contributed by atoms with Crippen LogP contribution in [0.4, 0.5) is 10.1 Å². The summed E-state index contributed by atoms with van der Waals surface area (Å²) < 4.78 is 13.6. The van der Waals surface area contributed by atoms with Crippen LogP contribution in [0.3, 0.4) is 0 Å². The first-order valence-electron chi connectivity index (χ1n) is 8.01. The summed E-state index contributed by atoms with van der Waals surface area (Å²) in [5.41, 5.74) is 2.12. The monoisotopic (exact) mass is 294 g/mol. The fourth-order valence-electron chi connectivity index (χ4n) is 2.73. The number of nitrogens with zero attached hydrogens (tertiary/aromatic N) is 1. The van der Waals surface area contributed by atoms with E-state index in [-0.39, 0.29) is 12.4 Å². The molecule has 0 aliphatic heterocycles. The van der Waals surface area contributed by atoms with Crippen LogP contribution in [0.5, 0.6) is 0 Å². The van der Waals surface area contributed by atoms with Crippen molar-refractivity contribution in [3.05, 3.63) is 29.6 Å². The molecular weight excluding hydrogens is 267 g/mol. The SMILES string of the molecule is CC(C)NCc1cc(F)ccc1N(CCCO)C1CCC1. The van der Waals surface area contributed by atoms with E-state index in [0.717, 1.165) is 24.2 Å². The van der Waals surface area contributed by atoms with E-state index in [1.54, 1.807) is 12.1 Å². The van der Waals surface area contributed by atoms with E-state index in [1.165, 1.54) is 19.3 Å². The Hall–Kier alpha value is -1.13. The molecule has 1 saturated carbocycles. The third kappa shape index (κ3) is 4.42. The number of hydrogen-bond acceptors (Lipinski definition) is 3. The van der Waals surface area contributed by atoms with Crippen molar-refractivity contribution in [3.63, 3.8) is 0 Å². The summed E-state index contributed by atoms with van der Waals surface area (Å²) in [6.07, 6.45) is 4.41. The Bertz CT molecular complexity index is 446. The molecule has 2 N–H and O–H groups in total. The van der Waals surface area contributed by atoms with E-state index in [1.807, 2.05) is 6.07 Å². The molecule has 1 aromatic rings. The molecule has 0 unspecified atom stereocenters. The summed E-state index contributed by atoms with van der Waals surface area (Å²) in [4.78, 5) is 2.36. The summed E-state index contributed by atoms with van der Waals surface area (Å²) in [6.45, 7) is 5.89. The average Bonchev–Trinajstić information content (AvgIpc) is 2.39. The summed E-state index contributed by atoms with van der Waals surface area (Å²) in [6, 6.07) is 5.98. The third-order valence-electron chi connectivity index (χ3n) is 4.12. The minimum Gasteiger partial charge on any atom is -0.396 e. The highest BCUT2D eigenvalue weighted by molar-refractivity contribution is 5.55. The van der Waals surface area contributed by atoms with Crippen LogP contribution in [0.2, 0.25) is 0 Å². The zero-order valence-corrected chi connectivity index (χ0v) is 13.1. The fraction of sp³-hybridized carbons (Fsp3) is 0.647. The van der Waals surface area contributed by atoms with E-state index in [9.17, 15) is 4.39 Å². The molecule has 4 heteroatoms. The van der Waals surface area contributed by atoms with Crippen LogP contribution in [-0.2, 0) is 6.54 Å². The van der Waals surface area contributed by atoms with E-state index < -0.39 is 0 Å². The Balaban J connectivity index is 2.20. The van der Waals surface area contributed by atoms with E-state index in [2.05, 4.69) is 24.1 Å². The number of hydrogen-bond donors (Lipinski definition) is 2. The Morgan fingerprint density at radius 1 is 1.38 bits per heavy atom. The first-order chi connectivity index (χ1) is 10.1. The zero-order valence-electron chi connectivity index (χ0n) is 13.1. The first-order valence-corrected chi connectivity index (χ1v) is 8.01. The van der Waals surface area contributed by atoms with Gasteiger partial charge in [-0.3, -0.25) is 0 Å². The highest BCUT2D eigenvalue weighted by Gasteiger charge is 2.26. The maximum absolute atomic E-state index is 13.6. The predicted octanol–water partition coefficient (Wildman–Crippen LogP) is 3.07. The Morgan fingerprint density at radius 2 is 2.14 bits per heavy atom. The number of anilines is 1. The lowest BCUT2D eigenvalue weighted by Gasteiger charge is -2.40. The molecule has 0 atom stereocenters. The molecule has 0 spiro atoms. The second kappa shape index (κ2) is 7.76. The summed E-state index contributed by atoms with van der Waals surface area (Å²) in [5, 5.41) is 12.5. The van der Waals surface area contributed by atoms with Gasteiger partial charge in [-0.25, -0.2) is 4.39 Å². The van der Waals surface area contributed by atoms with Gasteiger partial charge in [0.05, 0.1) is 0 Å². The molecule has 3 nitrogen and oxygen atoms in total. The van der Waals surface area contributed by atoms with Gasteiger partial charge in [-0.2, -0.15) is 0 Å². The van der Waals surface area contributed by atoms with E-state index >= 15 is 0 Å². The lowest BCUT2D eigenvalue weighted by Crippen LogP contribution is -2.42. The van der Waals surface area contributed by atoms with Crippen LogP contribution in [-0.4, -0.2) is 30.3 Å². The maximum atomic E-state index is 13.6. The molecule has 0 saturated heterocycles. The Morgan fingerprint density at radius 3 is 2.71 bits per heavy atom. The third-order valence-corrected chi connectivity index (χ3v) is 4.12. The smallest absolute Gasteiger partial charge is 0.123 e. The normalized spacial score (nSPS) is 15.3. The molecule has 0 radical (unpaired) electrons. The minimum atomic E-state index is -0.185. The molecule has 118 valence electrons. The molecule has 0 bridgehead atoms. The predicted molar refractivity (Wildman–Crippen MR) is 85.1 cm³/mol. The molecule has 21 heavy (non-hydrogen) atoms. The number of nitrogens with one attached hydrogen (secondary N) is 1. The number of halogens is 1. The quantitative estimate of drug-likeness (QED) is 0.773. The number of rotatable bonds is 8. The fourth-order valence-corrected chi connectivity index (χ4v) is 2.73. The molecule has 1 aliphatic rings. The van der Waals surface area contributed by atoms with Crippen LogP contribution in [0, 0.1) is 5.82 Å². The van der Waals surface area contributed by atoms with Crippen LogP contribution < -0.4 is 10.2 Å². The van der Waals surface area contributed by atoms with Gasteiger partial charge < -0.3 is 15.3 Å². The molecule has 1 aliphatic carbocycles. The van der Waals surface area contributed by atoms with Crippen molar-refractivity contribution in [2.75, 3.05) is 18.1 Å². The van der Waals surface area contributed by atoms with Crippen molar-refractivity contribution in [2.45, 2.75) is 58.2 Å². The van der Waals surface area contributed by atoms with Crippen LogP contribution in [0.15, 0.2) is 18.2 Å². The topological polar surface area (TPSA) is 35.5 Å². The van der Waals surface area contributed by atoms with Crippen molar-refractivity contribution in [2.24, 2.45) is 0 Å². The second-order valence-electron chi connectivity index (χ2n) is 6.16. The number of benzene rings is 1. The van der Waals surface area contributed by atoms with E-state index in [0.29, 0.717) is 18.6 Å². The summed E-state index contributed by atoms with van der Waals surface area (Å²) in [5.74, 6) is -0.185. The minimum absolute atomic E-state index is 0.185.